The van der Waals surface area contributed by atoms with Crippen LogP contribution in [0.2, 0.25) is 0 Å². The van der Waals surface area contributed by atoms with Crippen LogP contribution in [0.1, 0.15) is 30.4 Å². The zero-order valence-corrected chi connectivity index (χ0v) is 16.9. The molecule has 1 aromatic carbocycles. The third-order valence-corrected chi connectivity index (χ3v) is 5.36. The van der Waals surface area contributed by atoms with Crippen molar-refractivity contribution in [3.63, 3.8) is 0 Å². The van der Waals surface area contributed by atoms with Gasteiger partial charge in [0.25, 0.3) is 6.47 Å². The molecule has 0 unspecified atom stereocenters. The zero-order valence-electron chi connectivity index (χ0n) is 16.9. The first kappa shape index (κ1) is 21.9. The number of carbonyl (C=O) groups is 1. The molecule has 30 heavy (non-hydrogen) atoms. The second-order valence-electron chi connectivity index (χ2n) is 7.43. The van der Waals surface area contributed by atoms with Crippen LogP contribution in [0.4, 0.5) is 14.6 Å². The summed E-state index contributed by atoms with van der Waals surface area (Å²) < 4.78 is 30.2. The molecule has 0 radical (unpaired) electrons. The molecule has 0 bridgehead atoms. The highest BCUT2D eigenvalue weighted by atomic mass is 19.3. The molecule has 2 N–H and O–H groups in total. The van der Waals surface area contributed by atoms with Crippen molar-refractivity contribution < 1.29 is 23.4 Å². The molecular weight excluding hydrogens is 394 g/mol. The summed E-state index contributed by atoms with van der Waals surface area (Å²) in [6, 6.07) is 7.17. The summed E-state index contributed by atoms with van der Waals surface area (Å²) in [5.41, 5.74) is 3.50. The second-order valence-corrected chi connectivity index (χ2v) is 7.43. The van der Waals surface area contributed by atoms with Gasteiger partial charge in [0.2, 0.25) is 0 Å². The molecule has 1 aromatic heterocycles. The summed E-state index contributed by atoms with van der Waals surface area (Å²) in [6.07, 6.45) is 5.11. The molecule has 1 saturated heterocycles. The quantitative estimate of drug-likeness (QED) is 0.717. The van der Waals surface area contributed by atoms with E-state index in [2.05, 4.69) is 27.5 Å². The maximum Gasteiger partial charge on any atom is 0.387 e. The molecule has 4 rings (SSSR count). The number of alkyl halides is 2. The van der Waals surface area contributed by atoms with Gasteiger partial charge in [-0.25, -0.2) is 0 Å². The highest BCUT2D eigenvalue weighted by Gasteiger charge is 2.26. The van der Waals surface area contributed by atoms with E-state index >= 15 is 0 Å². The predicted octanol–water partition coefficient (Wildman–Crippen LogP) is 3.44. The topological polar surface area (TPSA) is 87.6 Å². The van der Waals surface area contributed by atoms with E-state index in [-0.39, 0.29) is 12.2 Å². The third kappa shape index (κ3) is 5.21. The van der Waals surface area contributed by atoms with Crippen molar-refractivity contribution in [2.75, 3.05) is 25.5 Å². The largest absolute Gasteiger partial charge is 0.483 e. The number of para-hydroxylation sites is 1. The van der Waals surface area contributed by atoms with Crippen LogP contribution in [-0.2, 0) is 17.6 Å². The Balaban J connectivity index is 0.000000806. The fourth-order valence-corrected chi connectivity index (χ4v) is 4.16. The Kier molecular flexibility index (Phi) is 7.51. The molecule has 9 heteroatoms. The van der Waals surface area contributed by atoms with Crippen LogP contribution in [0, 0.1) is 0 Å². The minimum atomic E-state index is -2.86. The van der Waals surface area contributed by atoms with Crippen LogP contribution in [0.3, 0.4) is 0 Å². The van der Waals surface area contributed by atoms with Gasteiger partial charge in [0.05, 0.1) is 0 Å². The lowest BCUT2D eigenvalue weighted by Gasteiger charge is -2.31. The molecule has 162 valence electrons. The number of anilines is 1. The van der Waals surface area contributed by atoms with Crippen molar-refractivity contribution in [1.82, 2.24) is 15.1 Å². The minimum Gasteiger partial charge on any atom is -0.483 e. The van der Waals surface area contributed by atoms with Crippen LogP contribution in [-0.4, -0.2) is 59.5 Å². The first-order valence-corrected chi connectivity index (χ1v) is 9.99. The van der Waals surface area contributed by atoms with E-state index in [4.69, 9.17) is 14.6 Å². The Morgan fingerprint density at radius 2 is 1.97 bits per heavy atom. The number of likely N-dealkylation sites (N-methyl/N-ethyl adjacent to an activating group) is 1. The Morgan fingerprint density at radius 1 is 1.23 bits per heavy atom. The van der Waals surface area contributed by atoms with Gasteiger partial charge in [-0.2, -0.15) is 8.78 Å². The van der Waals surface area contributed by atoms with Gasteiger partial charge in [-0.1, -0.05) is 12.1 Å². The van der Waals surface area contributed by atoms with Crippen molar-refractivity contribution in [2.45, 2.75) is 44.8 Å². The molecule has 2 heterocycles. The maximum absolute atomic E-state index is 12.8. The molecule has 1 aliphatic heterocycles. The highest BCUT2D eigenvalue weighted by Crippen LogP contribution is 2.38. The van der Waals surface area contributed by atoms with Crippen molar-refractivity contribution >= 4 is 12.3 Å². The minimum absolute atomic E-state index is 0.144. The summed E-state index contributed by atoms with van der Waals surface area (Å²) in [5, 5.41) is 19.3. The summed E-state index contributed by atoms with van der Waals surface area (Å²) in [7, 11) is 2.13. The van der Waals surface area contributed by atoms with Gasteiger partial charge in [0.1, 0.15) is 11.4 Å². The number of carboxylic acid groups (broad SMARTS) is 1. The summed E-state index contributed by atoms with van der Waals surface area (Å²) in [4.78, 5) is 10.7. The van der Waals surface area contributed by atoms with Crippen molar-refractivity contribution in [3.05, 3.63) is 35.4 Å². The molecule has 0 amide bonds. The maximum atomic E-state index is 12.8. The average molecular weight is 420 g/mol. The monoisotopic (exact) mass is 420 g/mol. The lowest BCUT2D eigenvalue weighted by molar-refractivity contribution is -0.122. The lowest BCUT2D eigenvalue weighted by atomic mass is 10.0. The second kappa shape index (κ2) is 10.3. The number of nitrogens with one attached hydrogen (secondary N) is 1. The van der Waals surface area contributed by atoms with Crippen molar-refractivity contribution in [1.29, 1.82) is 0 Å². The number of piperidine rings is 1. The van der Waals surface area contributed by atoms with E-state index in [0.717, 1.165) is 50.2 Å². The number of halogens is 2. The van der Waals surface area contributed by atoms with Gasteiger partial charge in [0, 0.05) is 23.7 Å². The van der Waals surface area contributed by atoms with Gasteiger partial charge in [-0.15, -0.1) is 10.2 Å². The van der Waals surface area contributed by atoms with E-state index in [1.54, 1.807) is 24.3 Å². The molecule has 1 atom stereocenters. The summed E-state index contributed by atoms with van der Waals surface area (Å²) >= 11 is 0. The van der Waals surface area contributed by atoms with Crippen LogP contribution in [0.5, 0.6) is 5.75 Å². The number of likely N-dealkylation sites (tertiary alicyclic amines) is 1. The molecular formula is C21H26F2N4O3. The smallest absolute Gasteiger partial charge is 0.387 e. The fraction of sp³-hybridized carbons (Fsp3) is 0.476. The number of rotatable bonds is 5. The van der Waals surface area contributed by atoms with Crippen molar-refractivity contribution in [3.8, 4) is 17.0 Å². The van der Waals surface area contributed by atoms with Crippen molar-refractivity contribution in [2.24, 2.45) is 0 Å². The highest BCUT2D eigenvalue weighted by molar-refractivity contribution is 5.73. The number of aromatic nitrogens is 2. The predicted molar refractivity (Wildman–Crippen MR) is 109 cm³/mol. The van der Waals surface area contributed by atoms with E-state index in [0.29, 0.717) is 17.3 Å². The molecule has 2 aliphatic rings. The number of fused-ring (bicyclic) bond motifs is 1. The van der Waals surface area contributed by atoms with E-state index in [1.807, 2.05) is 0 Å². The van der Waals surface area contributed by atoms with Gasteiger partial charge in [-0.3, -0.25) is 4.79 Å². The number of ether oxygens (including phenoxy) is 1. The van der Waals surface area contributed by atoms with Crippen LogP contribution < -0.4 is 10.1 Å². The average Bonchev–Trinajstić information content (AvgIpc) is 3.20. The van der Waals surface area contributed by atoms with Gasteiger partial charge in [-0.05, 0) is 63.4 Å². The summed E-state index contributed by atoms with van der Waals surface area (Å²) in [5.74, 6) is 0.990. The Bertz CT molecular complexity index is 866. The first-order chi connectivity index (χ1) is 14.5. The molecule has 0 saturated carbocycles. The number of nitrogens with zero attached hydrogens (tertiary/aromatic N) is 3. The number of hydrogen-bond acceptors (Lipinski definition) is 6. The van der Waals surface area contributed by atoms with E-state index in [9.17, 15) is 8.78 Å². The Hall–Kier alpha value is -2.81. The fourth-order valence-electron chi connectivity index (χ4n) is 4.16. The molecule has 2 aromatic rings. The first-order valence-electron chi connectivity index (χ1n) is 9.99. The lowest BCUT2D eigenvalue weighted by Crippen LogP contribution is -2.40. The zero-order chi connectivity index (χ0) is 21.5. The standard InChI is InChI=1S/C20H24F2N4O.CH2O2/c1-26-11-5-6-13(12-26)23-19-15-9-4-8-14(15)18(24-25-19)16-7-2-3-10-17(16)27-20(21)22;2-1-3/h2-3,7,10,13,20H,4-6,8-9,11-12H2,1H3,(H,23,25);1H,(H,2,3)/t13-;/m1./s1. The van der Waals surface area contributed by atoms with Gasteiger partial charge in [0.15, 0.2) is 5.82 Å². The number of benzene rings is 1. The molecule has 1 fully saturated rings. The van der Waals surface area contributed by atoms with Crippen LogP contribution in [0.25, 0.3) is 11.3 Å². The van der Waals surface area contributed by atoms with Gasteiger partial charge < -0.3 is 20.1 Å². The van der Waals surface area contributed by atoms with Crippen LogP contribution in [0.15, 0.2) is 24.3 Å². The van der Waals surface area contributed by atoms with Crippen LogP contribution >= 0.6 is 0 Å². The third-order valence-electron chi connectivity index (χ3n) is 5.36. The SMILES string of the molecule is CN1CCC[C@@H](Nc2nnc(-c3ccccc3OC(F)F)c3c2CCC3)C1.O=CO. The summed E-state index contributed by atoms with van der Waals surface area (Å²) in [6.45, 7) is -0.998. The number of hydrogen-bond donors (Lipinski definition) is 2. The Morgan fingerprint density at radius 3 is 2.70 bits per heavy atom. The molecule has 7 nitrogen and oxygen atoms in total. The molecule has 1 aliphatic carbocycles. The normalized spacial score (nSPS) is 18.3. The van der Waals surface area contributed by atoms with E-state index < -0.39 is 6.61 Å². The molecule has 0 spiro atoms. The Labute approximate surface area is 174 Å². The van der Waals surface area contributed by atoms with E-state index in [1.165, 1.54) is 12.0 Å². The van der Waals surface area contributed by atoms with Gasteiger partial charge >= 0.3 is 6.61 Å².